The monoisotopic (exact) mass is 385 g/mol. The van der Waals surface area contributed by atoms with Crippen molar-refractivity contribution in [2.24, 2.45) is 5.41 Å². The van der Waals surface area contributed by atoms with E-state index in [4.69, 9.17) is 23.2 Å². The van der Waals surface area contributed by atoms with Crippen molar-refractivity contribution in [3.63, 3.8) is 0 Å². The van der Waals surface area contributed by atoms with Gasteiger partial charge in [0.05, 0.1) is 5.02 Å². The molecular weight excluding hydrogens is 373 g/mol. The Morgan fingerprint density at radius 1 is 1.37 bits per heavy atom. The van der Waals surface area contributed by atoms with Crippen LogP contribution >= 0.6 is 39.1 Å². The lowest BCUT2D eigenvalue weighted by Gasteiger charge is -2.15. The van der Waals surface area contributed by atoms with E-state index in [1.54, 1.807) is 12.1 Å². The van der Waals surface area contributed by atoms with E-state index in [-0.39, 0.29) is 15.3 Å². The fourth-order valence-corrected chi connectivity index (χ4v) is 4.50. The molecule has 7 heteroatoms. The molecule has 0 aliphatic heterocycles. The first-order chi connectivity index (χ1) is 8.88. The molecule has 0 spiro atoms. The van der Waals surface area contributed by atoms with Crippen molar-refractivity contribution < 1.29 is 8.42 Å². The third-order valence-electron chi connectivity index (χ3n) is 3.40. The molecule has 0 unspecified atom stereocenters. The second-order valence-corrected chi connectivity index (χ2v) is 8.27. The Hall–Kier alpha value is 0.190. The Balaban J connectivity index is 2.10. The van der Waals surface area contributed by atoms with Crippen LogP contribution in [-0.4, -0.2) is 20.8 Å². The van der Waals surface area contributed by atoms with Crippen molar-refractivity contribution in [2.45, 2.75) is 24.2 Å². The van der Waals surface area contributed by atoms with Crippen molar-refractivity contribution in [3.05, 3.63) is 27.7 Å². The van der Waals surface area contributed by atoms with Crippen LogP contribution in [-0.2, 0) is 10.0 Å². The van der Waals surface area contributed by atoms with Gasteiger partial charge in [-0.3, -0.25) is 0 Å². The Morgan fingerprint density at radius 2 is 2.05 bits per heavy atom. The highest BCUT2D eigenvalue weighted by Crippen LogP contribution is 2.48. The first-order valence-electron chi connectivity index (χ1n) is 5.89. The van der Waals surface area contributed by atoms with Gasteiger partial charge in [0.1, 0.15) is 4.90 Å². The van der Waals surface area contributed by atoms with E-state index in [9.17, 15) is 8.42 Å². The van der Waals surface area contributed by atoms with Gasteiger partial charge in [-0.15, -0.1) is 11.6 Å². The van der Waals surface area contributed by atoms with Gasteiger partial charge in [0.2, 0.25) is 10.0 Å². The highest BCUT2D eigenvalue weighted by molar-refractivity contribution is 9.10. The molecule has 0 bridgehead atoms. The molecule has 3 nitrogen and oxygen atoms in total. The van der Waals surface area contributed by atoms with E-state index >= 15 is 0 Å². The topological polar surface area (TPSA) is 46.2 Å². The molecule has 1 aliphatic rings. The maximum absolute atomic E-state index is 12.2. The van der Waals surface area contributed by atoms with Crippen molar-refractivity contribution in [3.8, 4) is 0 Å². The Bertz CT molecular complexity index is 573. The van der Waals surface area contributed by atoms with Gasteiger partial charge in [-0.25, -0.2) is 13.1 Å². The lowest BCUT2D eigenvalue weighted by Crippen LogP contribution is -2.30. The highest BCUT2D eigenvalue weighted by Gasteiger charge is 2.42. The summed E-state index contributed by atoms with van der Waals surface area (Å²) in [6.45, 7) is 0.425. The van der Waals surface area contributed by atoms with Crippen molar-refractivity contribution >= 4 is 49.2 Å². The predicted molar refractivity (Wildman–Crippen MR) is 81.3 cm³/mol. The molecule has 1 aliphatic carbocycles. The normalized spacial score (nSPS) is 17.4. The predicted octanol–water partition coefficient (Wildman–Crippen LogP) is 3.79. The third kappa shape index (κ3) is 3.85. The zero-order valence-corrected chi connectivity index (χ0v) is 14.0. The van der Waals surface area contributed by atoms with E-state index in [2.05, 4.69) is 20.7 Å². The summed E-state index contributed by atoms with van der Waals surface area (Å²) in [5.41, 5.74) is 0.0522. The number of alkyl halides is 1. The first kappa shape index (κ1) is 15.6. The zero-order chi connectivity index (χ0) is 14.1. The molecule has 1 saturated carbocycles. The second kappa shape index (κ2) is 5.90. The molecule has 1 aromatic rings. The van der Waals surface area contributed by atoms with Crippen LogP contribution in [0.3, 0.4) is 0 Å². The standard InChI is InChI=1S/C12H14BrCl2NO2S/c13-9-1-2-11(10(15)7-9)19(17,18)16-8-12(3-4-12)5-6-14/h1-2,7,16H,3-6,8H2. The number of benzene rings is 1. The van der Waals surface area contributed by atoms with Gasteiger partial charge in [-0.1, -0.05) is 27.5 Å². The minimum absolute atomic E-state index is 0.0522. The largest absolute Gasteiger partial charge is 0.242 e. The van der Waals surface area contributed by atoms with Gasteiger partial charge in [0.15, 0.2) is 0 Å². The molecule has 0 amide bonds. The smallest absolute Gasteiger partial charge is 0.211 e. The number of rotatable bonds is 6. The second-order valence-electron chi connectivity index (χ2n) is 4.84. The van der Waals surface area contributed by atoms with E-state index in [0.29, 0.717) is 12.4 Å². The quantitative estimate of drug-likeness (QED) is 0.756. The minimum Gasteiger partial charge on any atom is -0.211 e. The summed E-state index contributed by atoms with van der Waals surface area (Å²) < 4.78 is 27.8. The zero-order valence-electron chi connectivity index (χ0n) is 10.1. The lowest BCUT2D eigenvalue weighted by molar-refractivity contribution is 0.478. The van der Waals surface area contributed by atoms with Crippen LogP contribution in [0.25, 0.3) is 0 Å². The molecule has 0 saturated heterocycles. The fourth-order valence-electron chi connectivity index (χ4n) is 1.91. The van der Waals surface area contributed by atoms with Crippen LogP contribution in [0.5, 0.6) is 0 Å². The lowest BCUT2D eigenvalue weighted by atomic mass is 10.1. The maximum atomic E-state index is 12.2. The summed E-state index contributed by atoms with van der Waals surface area (Å²) in [4.78, 5) is 0.110. The van der Waals surface area contributed by atoms with Crippen molar-refractivity contribution in [2.75, 3.05) is 12.4 Å². The third-order valence-corrected chi connectivity index (χ3v) is 5.97. The van der Waals surface area contributed by atoms with Crippen LogP contribution in [0.4, 0.5) is 0 Å². The van der Waals surface area contributed by atoms with Gasteiger partial charge < -0.3 is 0 Å². The molecular formula is C12H14BrCl2NO2S. The molecule has 1 N–H and O–H groups in total. The molecule has 0 aromatic heterocycles. The fraction of sp³-hybridized carbons (Fsp3) is 0.500. The van der Waals surface area contributed by atoms with E-state index < -0.39 is 10.0 Å². The molecule has 0 radical (unpaired) electrons. The molecule has 2 rings (SSSR count). The SMILES string of the molecule is O=S(=O)(NCC1(CCCl)CC1)c1ccc(Br)cc1Cl. The molecule has 1 fully saturated rings. The molecule has 1 aromatic carbocycles. The average molecular weight is 387 g/mol. The summed E-state index contributed by atoms with van der Waals surface area (Å²) in [6, 6.07) is 4.73. The van der Waals surface area contributed by atoms with Gasteiger partial charge in [0, 0.05) is 16.9 Å². The Kier molecular flexibility index (Phi) is 4.83. The van der Waals surface area contributed by atoms with Crippen LogP contribution in [0.1, 0.15) is 19.3 Å². The van der Waals surface area contributed by atoms with Crippen molar-refractivity contribution in [1.82, 2.24) is 4.72 Å². The number of hydrogen-bond acceptors (Lipinski definition) is 2. The number of hydrogen-bond donors (Lipinski definition) is 1. The van der Waals surface area contributed by atoms with Crippen LogP contribution in [0.15, 0.2) is 27.6 Å². The summed E-state index contributed by atoms with van der Waals surface area (Å²) >= 11 is 15.0. The van der Waals surface area contributed by atoms with Gasteiger partial charge in [-0.2, -0.15) is 0 Å². The summed E-state index contributed by atoms with van der Waals surface area (Å²) in [6.07, 6.45) is 2.89. The maximum Gasteiger partial charge on any atom is 0.242 e. The van der Waals surface area contributed by atoms with E-state index in [0.717, 1.165) is 23.7 Å². The van der Waals surface area contributed by atoms with E-state index in [1.807, 2.05) is 0 Å². The molecule has 106 valence electrons. The molecule has 19 heavy (non-hydrogen) atoms. The van der Waals surface area contributed by atoms with Crippen molar-refractivity contribution in [1.29, 1.82) is 0 Å². The minimum atomic E-state index is -3.57. The number of halogens is 3. The average Bonchev–Trinajstić information content (AvgIpc) is 3.07. The summed E-state index contributed by atoms with van der Waals surface area (Å²) in [5, 5.41) is 0.212. The van der Waals surface area contributed by atoms with Crippen LogP contribution in [0, 0.1) is 5.41 Å². The van der Waals surface area contributed by atoms with Gasteiger partial charge >= 0.3 is 0 Å². The highest BCUT2D eigenvalue weighted by atomic mass is 79.9. The first-order valence-corrected chi connectivity index (χ1v) is 9.08. The summed E-state index contributed by atoms with van der Waals surface area (Å²) in [7, 11) is -3.57. The van der Waals surface area contributed by atoms with Crippen LogP contribution < -0.4 is 4.72 Å². The molecule has 0 heterocycles. The van der Waals surface area contributed by atoms with E-state index in [1.165, 1.54) is 6.07 Å². The van der Waals surface area contributed by atoms with Crippen LogP contribution in [0.2, 0.25) is 5.02 Å². The van der Waals surface area contributed by atoms with Gasteiger partial charge in [-0.05, 0) is 42.9 Å². The Labute approximate surface area is 131 Å². The van der Waals surface area contributed by atoms with Gasteiger partial charge in [0.25, 0.3) is 0 Å². The summed E-state index contributed by atoms with van der Waals surface area (Å²) in [5.74, 6) is 0.556. The number of sulfonamides is 1. The molecule has 0 atom stereocenters. The Morgan fingerprint density at radius 3 is 2.58 bits per heavy atom. The number of nitrogens with one attached hydrogen (secondary N) is 1.